The molecule has 0 saturated carbocycles. The highest BCUT2D eigenvalue weighted by Gasteiger charge is 2.32. The molecule has 1 aromatic heterocycles. The predicted octanol–water partition coefficient (Wildman–Crippen LogP) is 2.26. The number of aryl methyl sites for hydroxylation is 1. The third-order valence-corrected chi connectivity index (χ3v) is 8.00. The number of anilines is 1. The van der Waals surface area contributed by atoms with Crippen LogP contribution < -0.4 is 4.90 Å². The second kappa shape index (κ2) is 8.11. The van der Waals surface area contributed by atoms with Crippen LogP contribution in [0.15, 0.2) is 24.3 Å². The highest BCUT2D eigenvalue weighted by molar-refractivity contribution is 7.91. The van der Waals surface area contributed by atoms with Gasteiger partial charge in [-0.25, -0.2) is 8.42 Å². The first kappa shape index (κ1) is 21.5. The number of carbonyl (C=O) groups is 2. The molecule has 31 heavy (non-hydrogen) atoms. The number of hydrogen-bond acceptors (Lipinski definition) is 5. The molecule has 2 amide bonds. The summed E-state index contributed by atoms with van der Waals surface area (Å²) in [4.78, 5) is 28.5. The molecular weight excluding hydrogens is 416 g/mol. The Hall–Kier alpha value is -2.68. The van der Waals surface area contributed by atoms with E-state index in [-0.39, 0.29) is 29.4 Å². The topological polar surface area (TPSA) is 92.6 Å². The van der Waals surface area contributed by atoms with Crippen molar-refractivity contribution in [1.82, 2.24) is 14.7 Å². The van der Waals surface area contributed by atoms with Gasteiger partial charge in [0.25, 0.3) is 5.91 Å². The molecule has 0 aliphatic carbocycles. The van der Waals surface area contributed by atoms with Gasteiger partial charge in [-0.2, -0.15) is 5.10 Å². The molecule has 0 spiro atoms. The van der Waals surface area contributed by atoms with Crippen LogP contribution in [0.3, 0.4) is 0 Å². The molecule has 2 fully saturated rings. The Morgan fingerprint density at radius 2 is 2.06 bits per heavy atom. The second-order valence-corrected chi connectivity index (χ2v) is 10.7. The zero-order valence-electron chi connectivity index (χ0n) is 18.2. The van der Waals surface area contributed by atoms with E-state index in [9.17, 15) is 18.0 Å². The summed E-state index contributed by atoms with van der Waals surface area (Å²) in [5, 5.41) is 4.59. The average molecular weight is 445 g/mol. The lowest BCUT2D eigenvalue weighted by atomic mass is 10.1. The molecular formula is C22H28N4O4S. The molecule has 0 radical (unpaired) electrons. The van der Waals surface area contributed by atoms with E-state index < -0.39 is 9.84 Å². The molecule has 2 aliphatic rings. The van der Waals surface area contributed by atoms with Gasteiger partial charge in [0.2, 0.25) is 5.91 Å². The van der Waals surface area contributed by atoms with Crippen molar-refractivity contribution >= 4 is 27.3 Å². The Morgan fingerprint density at radius 3 is 2.71 bits per heavy atom. The quantitative estimate of drug-likeness (QED) is 0.705. The van der Waals surface area contributed by atoms with Crippen molar-refractivity contribution in [3.63, 3.8) is 0 Å². The van der Waals surface area contributed by atoms with E-state index in [1.54, 1.807) is 35.0 Å². The Labute approximate surface area is 182 Å². The zero-order valence-corrected chi connectivity index (χ0v) is 19.0. The Morgan fingerprint density at radius 1 is 1.29 bits per heavy atom. The highest BCUT2D eigenvalue weighted by Crippen LogP contribution is 2.28. The number of nitrogens with zero attached hydrogens (tertiary/aromatic N) is 4. The van der Waals surface area contributed by atoms with Crippen LogP contribution in [0.25, 0.3) is 0 Å². The molecule has 4 rings (SSSR count). The number of rotatable bonds is 5. The summed E-state index contributed by atoms with van der Waals surface area (Å²) < 4.78 is 25.5. The Bertz CT molecular complexity index is 1140. The van der Waals surface area contributed by atoms with E-state index in [2.05, 4.69) is 5.10 Å². The first-order valence-electron chi connectivity index (χ1n) is 10.6. The number of carbonyl (C=O) groups excluding carboxylic acids is 2. The maximum absolute atomic E-state index is 13.1. The van der Waals surface area contributed by atoms with Crippen molar-refractivity contribution in [3.8, 4) is 0 Å². The molecule has 1 unspecified atom stereocenters. The summed E-state index contributed by atoms with van der Waals surface area (Å²) in [6, 6.07) is 7.04. The smallest absolute Gasteiger partial charge is 0.253 e. The van der Waals surface area contributed by atoms with E-state index in [4.69, 9.17) is 0 Å². The maximum atomic E-state index is 13.1. The lowest BCUT2D eigenvalue weighted by Gasteiger charge is -2.20. The van der Waals surface area contributed by atoms with E-state index >= 15 is 0 Å². The molecule has 166 valence electrons. The molecule has 8 nitrogen and oxygen atoms in total. The molecule has 0 bridgehead atoms. The van der Waals surface area contributed by atoms with Gasteiger partial charge >= 0.3 is 0 Å². The van der Waals surface area contributed by atoms with E-state index in [0.29, 0.717) is 31.5 Å². The summed E-state index contributed by atoms with van der Waals surface area (Å²) in [5.74, 6) is 0.263. The molecule has 2 saturated heterocycles. The molecule has 1 aromatic carbocycles. The van der Waals surface area contributed by atoms with Crippen molar-refractivity contribution in [3.05, 3.63) is 46.8 Å². The second-order valence-electron chi connectivity index (χ2n) is 8.51. The van der Waals surface area contributed by atoms with Gasteiger partial charge in [0.1, 0.15) is 0 Å². The minimum Gasteiger partial charge on any atom is -0.337 e. The normalized spacial score (nSPS) is 20.4. The van der Waals surface area contributed by atoms with Crippen molar-refractivity contribution in [2.75, 3.05) is 30.0 Å². The van der Waals surface area contributed by atoms with Gasteiger partial charge in [-0.1, -0.05) is 6.07 Å². The average Bonchev–Trinajstić information content (AvgIpc) is 3.40. The van der Waals surface area contributed by atoms with E-state index in [1.807, 2.05) is 24.6 Å². The fourth-order valence-electron chi connectivity index (χ4n) is 4.51. The summed E-state index contributed by atoms with van der Waals surface area (Å²) >= 11 is 0. The van der Waals surface area contributed by atoms with Crippen LogP contribution >= 0.6 is 0 Å². The fourth-order valence-corrected chi connectivity index (χ4v) is 6.20. The SMILES string of the molecule is Cc1nn(C2CCS(=O)(=O)C2)c(C)c1CN(C)C(=O)c1cccc(N2CCCC2=O)c1. The van der Waals surface area contributed by atoms with Crippen molar-refractivity contribution in [2.45, 2.75) is 45.7 Å². The first-order chi connectivity index (χ1) is 14.7. The number of benzene rings is 1. The summed E-state index contributed by atoms with van der Waals surface area (Å²) in [5.41, 5.74) is 3.92. The lowest BCUT2D eigenvalue weighted by Crippen LogP contribution is -2.28. The van der Waals surface area contributed by atoms with E-state index in [0.717, 1.165) is 29.1 Å². The molecule has 2 aromatic rings. The standard InChI is InChI=1S/C22H28N4O4S/c1-15-20(16(2)26(23-15)19-9-11-31(29,30)14-19)13-24(3)22(28)17-6-4-7-18(12-17)25-10-5-8-21(25)27/h4,6-7,12,19H,5,8-11,13-14H2,1-3H3. The van der Waals surface area contributed by atoms with Gasteiger partial charge in [-0.3, -0.25) is 14.3 Å². The largest absolute Gasteiger partial charge is 0.337 e. The summed E-state index contributed by atoms with van der Waals surface area (Å²) in [7, 11) is -1.26. The summed E-state index contributed by atoms with van der Waals surface area (Å²) in [6.45, 7) is 4.88. The minimum atomic E-state index is -3.00. The van der Waals surface area contributed by atoms with Crippen molar-refractivity contribution in [1.29, 1.82) is 0 Å². The monoisotopic (exact) mass is 444 g/mol. The Balaban J connectivity index is 1.52. The van der Waals surface area contributed by atoms with Gasteiger partial charge in [0, 0.05) is 49.1 Å². The number of amides is 2. The Kier molecular flexibility index (Phi) is 5.63. The van der Waals surface area contributed by atoms with Crippen LogP contribution in [0.5, 0.6) is 0 Å². The summed E-state index contributed by atoms with van der Waals surface area (Å²) in [6.07, 6.45) is 1.95. The number of hydrogen-bond donors (Lipinski definition) is 0. The maximum Gasteiger partial charge on any atom is 0.253 e. The van der Waals surface area contributed by atoms with Crippen LogP contribution in [-0.2, 0) is 21.2 Å². The molecule has 1 atom stereocenters. The zero-order chi connectivity index (χ0) is 22.3. The number of aromatic nitrogens is 2. The van der Waals surface area contributed by atoms with Crippen LogP contribution in [0, 0.1) is 13.8 Å². The molecule has 2 aliphatic heterocycles. The first-order valence-corrected chi connectivity index (χ1v) is 12.4. The third kappa shape index (κ3) is 4.23. The molecule has 0 N–H and O–H groups in total. The van der Waals surface area contributed by atoms with Crippen LogP contribution in [0.4, 0.5) is 5.69 Å². The third-order valence-electron chi connectivity index (χ3n) is 6.25. The number of sulfone groups is 1. The highest BCUT2D eigenvalue weighted by atomic mass is 32.2. The van der Waals surface area contributed by atoms with Gasteiger partial charge in [0.15, 0.2) is 9.84 Å². The van der Waals surface area contributed by atoms with Gasteiger partial charge < -0.3 is 9.80 Å². The van der Waals surface area contributed by atoms with Crippen LogP contribution in [0.2, 0.25) is 0 Å². The van der Waals surface area contributed by atoms with Crippen LogP contribution in [0.1, 0.15) is 52.6 Å². The van der Waals surface area contributed by atoms with Gasteiger partial charge in [-0.05, 0) is 44.9 Å². The molecule has 9 heteroatoms. The van der Waals surface area contributed by atoms with Crippen LogP contribution in [-0.4, -0.2) is 60.0 Å². The lowest BCUT2D eigenvalue weighted by molar-refractivity contribution is -0.117. The van der Waals surface area contributed by atoms with Crippen molar-refractivity contribution < 1.29 is 18.0 Å². The van der Waals surface area contributed by atoms with E-state index in [1.165, 1.54) is 0 Å². The minimum absolute atomic E-state index is 0.0885. The predicted molar refractivity (Wildman–Crippen MR) is 118 cm³/mol. The molecule has 3 heterocycles. The van der Waals surface area contributed by atoms with Crippen molar-refractivity contribution in [2.24, 2.45) is 0 Å². The van der Waals surface area contributed by atoms with Gasteiger partial charge in [-0.15, -0.1) is 0 Å². The van der Waals surface area contributed by atoms with Gasteiger partial charge in [0.05, 0.1) is 23.2 Å². The fraction of sp³-hybridized carbons (Fsp3) is 0.500.